The van der Waals surface area contributed by atoms with Gasteiger partial charge in [0.05, 0.1) is 41.0 Å². The van der Waals surface area contributed by atoms with Crippen LogP contribution in [0.4, 0.5) is 15.3 Å². The van der Waals surface area contributed by atoms with E-state index in [0.717, 1.165) is 50.7 Å². The Balaban J connectivity index is 0.00000423. The second kappa shape index (κ2) is 12.9. The Kier molecular flexibility index (Phi) is 9.80. The molecule has 4 aliphatic rings. The predicted octanol–water partition coefficient (Wildman–Crippen LogP) is 1.49. The van der Waals surface area contributed by atoms with Crippen LogP contribution < -0.4 is 36.6 Å². The van der Waals surface area contributed by atoms with Crippen LogP contribution in [0.3, 0.4) is 0 Å². The van der Waals surface area contributed by atoms with Gasteiger partial charge < -0.3 is 41.0 Å². The summed E-state index contributed by atoms with van der Waals surface area (Å²) in [6.45, 7) is 16.6. The Labute approximate surface area is 268 Å². The minimum atomic E-state index is -0.513. The maximum absolute atomic E-state index is 12.5. The van der Waals surface area contributed by atoms with Crippen LogP contribution in [0.25, 0.3) is 20.8 Å². The van der Waals surface area contributed by atoms with Crippen LogP contribution >= 0.6 is 11.3 Å². The number of ether oxygens (including phenoxy) is 3. The molecule has 5 rings (SSSR count). The Hall–Kier alpha value is -3.12. The second-order valence-corrected chi connectivity index (χ2v) is 13.9. The van der Waals surface area contributed by atoms with Crippen LogP contribution in [0.1, 0.15) is 41.5 Å². The number of methoxy groups -OCH3 is 1. The average Bonchev–Trinajstić information content (AvgIpc) is 2.93. The summed E-state index contributed by atoms with van der Waals surface area (Å²) in [6, 6.07) is 10.5. The lowest BCUT2D eigenvalue weighted by Crippen LogP contribution is -3.00. The summed E-state index contributed by atoms with van der Waals surface area (Å²) in [4.78, 5) is 36.9. The van der Waals surface area contributed by atoms with Crippen molar-refractivity contribution in [2.75, 3.05) is 64.4 Å². The van der Waals surface area contributed by atoms with E-state index in [2.05, 4.69) is 33.7 Å². The number of carbonyl (C=O) groups is 2. The van der Waals surface area contributed by atoms with Gasteiger partial charge in [-0.25, -0.2) is 19.1 Å². The average molecular weight is 677 g/mol. The molecule has 12 heteroatoms. The van der Waals surface area contributed by atoms with E-state index in [1.54, 1.807) is 28.2 Å². The molecular weight excluding hydrogens is 634 g/mol. The van der Waals surface area contributed by atoms with E-state index in [1.165, 1.54) is 0 Å². The number of piperazine rings is 2. The molecule has 0 saturated carbocycles. The molecule has 1 aliphatic carbocycles. The van der Waals surface area contributed by atoms with Gasteiger partial charge in [0.15, 0.2) is 18.8 Å². The maximum Gasteiger partial charge on any atom is 0.410 e. The van der Waals surface area contributed by atoms with E-state index < -0.39 is 11.2 Å². The highest BCUT2D eigenvalue weighted by molar-refractivity contribution is 7.21. The summed E-state index contributed by atoms with van der Waals surface area (Å²) < 4.78 is 20.2. The minimum absolute atomic E-state index is 0. The molecule has 0 radical (unpaired) electrons. The van der Waals surface area contributed by atoms with Gasteiger partial charge >= 0.3 is 12.2 Å². The molecule has 2 amide bonds. The fourth-order valence-electron chi connectivity index (χ4n) is 5.17. The van der Waals surface area contributed by atoms with Gasteiger partial charge in [0.25, 0.3) is 0 Å². The standard InChI is InChI=1S/C31H42N5O5S.BrH/c1-30(2,3)40-28(37)35-14-10-33(11-15-35)21-8-9-22-26(18-21)42-27-20-24(25(39-7)19-23(27)32-22)34-12-16-36(17-13-34)29(38)41-31(4,5)6;/h8-9,18-20H,10-17H2,1-7H3;1H/q+1;/p-1. The zero-order valence-corrected chi connectivity index (χ0v) is 28.5. The number of aromatic nitrogens is 1. The smallest absolute Gasteiger partial charge is 0.410 e. The number of benzene rings is 2. The van der Waals surface area contributed by atoms with Gasteiger partial charge in [-0.3, -0.25) is 4.90 Å². The van der Waals surface area contributed by atoms with Crippen molar-refractivity contribution in [1.82, 2.24) is 19.4 Å². The van der Waals surface area contributed by atoms with E-state index in [4.69, 9.17) is 19.2 Å². The predicted molar refractivity (Wildman–Crippen MR) is 166 cm³/mol. The number of anilines is 1. The number of fused-ring (bicyclic) bond motifs is 2. The number of hydrogen-bond acceptors (Lipinski definition) is 8. The van der Waals surface area contributed by atoms with Gasteiger partial charge in [-0.2, -0.15) is 0 Å². The van der Waals surface area contributed by atoms with Crippen molar-refractivity contribution < 1.29 is 40.8 Å². The molecule has 1 aromatic carbocycles. The molecule has 234 valence electrons. The normalized spacial score (nSPS) is 16.3. The van der Waals surface area contributed by atoms with E-state index >= 15 is 0 Å². The summed E-state index contributed by atoms with van der Waals surface area (Å²) in [5.74, 6) is 0.770. The first kappa shape index (κ1) is 32.8. The van der Waals surface area contributed by atoms with Gasteiger partial charge in [0, 0.05) is 44.0 Å². The Morgan fingerprint density at radius 3 is 1.98 bits per heavy atom. The number of hydrogen-bond donors (Lipinski definition) is 0. The zero-order chi connectivity index (χ0) is 30.2. The summed E-state index contributed by atoms with van der Waals surface area (Å²) in [7, 11) is 1.68. The topological polar surface area (TPSA) is 87.5 Å². The van der Waals surface area contributed by atoms with Crippen molar-refractivity contribution in [3.05, 3.63) is 35.7 Å². The molecule has 0 atom stereocenters. The first-order valence-corrected chi connectivity index (χ1v) is 15.3. The summed E-state index contributed by atoms with van der Waals surface area (Å²) >= 11 is 1.71. The first-order valence-electron chi connectivity index (χ1n) is 14.5. The SMILES string of the molecule is COc1cc2nc3ccc(N4CCN(C(=O)OC(C)(C)C)CC4)cc3sc-2cc1=[N+]1CCN(C(=O)OC(C)(C)C)CC1.[Br-]. The highest BCUT2D eigenvalue weighted by Gasteiger charge is 2.29. The monoisotopic (exact) mass is 675 g/mol. The van der Waals surface area contributed by atoms with Crippen LogP contribution in [0.15, 0.2) is 30.3 Å². The molecule has 0 spiro atoms. The van der Waals surface area contributed by atoms with Crippen LogP contribution in [-0.2, 0) is 9.47 Å². The van der Waals surface area contributed by atoms with Gasteiger partial charge in [0.1, 0.15) is 11.2 Å². The van der Waals surface area contributed by atoms with Crippen LogP contribution in [-0.4, -0.2) is 97.6 Å². The van der Waals surface area contributed by atoms with Crippen LogP contribution in [0.5, 0.6) is 5.75 Å². The molecular formula is C31H42BrN5O5S. The Morgan fingerprint density at radius 2 is 1.42 bits per heavy atom. The fraction of sp³-hybridized carbons (Fsp3) is 0.548. The van der Waals surface area contributed by atoms with Crippen molar-refractivity contribution in [2.24, 2.45) is 0 Å². The summed E-state index contributed by atoms with van der Waals surface area (Å²) in [5, 5.41) is 1.00. The molecule has 3 aliphatic heterocycles. The van der Waals surface area contributed by atoms with Crippen molar-refractivity contribution in [2.45, 2.75) is 52.7 Å². The Bertz CT molecular complexity index is 1510. The summed E-state index contributed by atoms with van der Waals surface area (Å²) in [5.41, 5.74) is 1.93. The highest BCUT2D eigenvalue weighted by Crippen LogP contribution is 2.33. The largest absolute Gasteiger partial charge is 1.00 e. The van der Waals surface area contributed by atoms with Crippen LogP contribution in [0.2, 0.25) is 0 Å². The molecule has 2 saturated heterocycles. The van der Waals surface area contributed by atoms with Crippen molar-refractivity contribution in [3.8, 4) is 16.3 Å². The number of halogens is 1. The molecule has 0 bridgehead atoms. The molecule has 0 aromatic heterocycles. The second-order valence-electron chi connectivity index (χ2n) is 12.8. The zero-order valence-electron chi connectivity index (χ0n) is 26.1. The van der Waals surface area contributed by atoms with Gasteiger partial charge in [-0.15, -0.1) is 11.3 Å². The maximum atomic E-state index is 12.5. The molecule has 0 N–H and O–H groups in total. The molecule has 43 heavy (non-hydrogen) atoms. The molecule has 3 heterocycles. The van der Waals surface area contributed by atoms with Gasteiger partial charge in [0.2, 0.25) is 5.36 Å². The van der Waals surface area contributed by atoms with Crippen molar-refractivity contribution >= 4 is 39.4 Å². The lowest BCUT2D eigenvalue weighted by molar-refractivity contribution is -0.0000948. The van der Waals surface area contributed by atoms with Crippen molar-refractivity contribution in [1.29, 1.82) is 0 Å². The van der Waals surface area contributed by atoms with Gasteiger partial charge in [-0.1, -0.05) is 0 Å². The number of rotatable bonds is 2. The molecule has 10 nitrogen and oxygen atoms in total. The van der Waals surface area contributed by atoms with Crippen molar-refractivity contribution in [3.63, 3.8) is 0 Å². The summed E-state index contributed by atoms with van der Waals surface area (Å²) in [6.07, 6.45) is -0.524. The number of amides is 2. The first-order chi connectivity index (χ1) is 19.8. The van der Waals surface area contributed by atoms with E-state index in [1.807, 2.05) is 47.6 Å². The molecule has 1 aromatic rings. The Morgan fingerprint density at radius 1 is 0.837 bits per heavy atom. The third-order valence-corrected chi connectivity index (χ3v) is 8.33. The minimum Gasteiger partial charge on any atom is -1.00 e. The van der Waals surface area contributed by atoms with E-state index in [0.29, 0.717) is 39.3 Å². The molecule has 2 fully saturated rings. The van der Waals surface area contributed by atoms with E-state index in [-0.39, 0.29) is 29.2 Å². The highest BCUT2D eigenvalue weighted by atomic mass is 79.9. The van der Waals surface area contributed by atoms with Crippen LogP contribution in [0, 0.1) is 0 Å². The van der Waals surface area contributed by atoms with Gasteiger partial charge in [-0.05, 0) is 59.7 Å². The molecule has 0 unspecified atom stereocenters. The number of carbonyl (C=O) groups excluding carboxylic acids is 2. The quantitative estimate of drug-likeness (QED) is 0.301. The third kappa shape index (κ3) is 7.89. The lowest BCUT2D eigenvalue weighted by atomic mass is 10.2. The third-order valence-electron chi connectivity index (χ3n) is 7.23. The van der Waals surface area contributed by atoms with E-state index in [9.17, 15) is 9.59 Å². The fourth-order valence-corrected chi connectivity index (χ4v) is 6.18. The lowest BCUT2D eigenvalue weighted by Gasteiger charge is -2.36. The number of nitrogens with zero attached hydrogens (tertiary/aromatic N) is 5.